The second-order valence-electron chi connectivity index (χ2n) is 5.46. The van der Waals surface area contributed by atoms with Crippen molar-refractivity contribution in [3.63, 3.8) is 0 Å². The average Bonchev–Trinajstić information content (AvgIpc) is 3.27. The maximum Gasteiger partial charge on any atom is 0.119 e. The molecule has 0 amide bonds. The molecule has 0 bridgehead atoms. The van der Waals surface area contributed by atoms with Gasteiger partial charge in [0.25, 0.3) is 0 Å². The number of methoxy groups -OCH3 is 1. The maximum absolute atomic E-state index is 5.25. The molecular formula is C17H21NO. The van der Waals surface area contributed by atoms with E-state index in [1.165, 1.54) is 35.6 Å². The number of ether oxygens (including phenoxy) is 1. The van der Waals surface area contributed by atoms with E-state index in [-0.39, 0.29) is 0 Å². The molecule has 0 aliphatic heterocycles. The lowest BCUT2D eigenvalue weighted by Gasteiger charge is -2.07. The highest BCUT2D eigenvalue weighted by atomic mass is 16.5. The van der Waals surface area contributed by atoms with Crippen molar-refractivity contribution in [2.24, 2.45) is 5.92 Å². The van der Waals surface area contributed by atoms with E-state index in [1.807, 2.05) is 6.07 Å². The van der Waals surface area contributed by atoms with Crippen molar-refractivity contribution in [2.75, 3.05) is 13.7 Å². The Hall–Kier alpha value is -1.54. The summed E-state index contributed by atoms with van der Waals surface area (Å²) in [4.78, 5) is 0. The first-order chi connectivity index (χ1) is 9.35. The van der Waals surface area contributed by atoms with Crippen molar-refractivity contribution < 1.29 is 4.74 Å². The zero-order valence-electron chi connectivity index (χ0n) is 11.5. The lowest BCUT2D eigenvalue weighted by atomic mass is 10.1. The minimum Gasteiger partial charge on any atom is -0.497 e. The van der Waals surface area contributed by atoms with Crippen molar-refractivity contribution in [3.05, 3.63) is 42.0 Å². The van der Waals surface area contributed by atoms with E-state index < -0.39 is 0 Å². The van der Waals surface area contributed by atoms with Gasteiger partial charge in [-0.1, -0.05) is 31.0 Å². The molecule has 19 heavy (non-hydrogen) atoms. The topological polar surface area (TPSA) is 21.3 Å². The minimum absolute atomic E-state index is 0.919. The van der Waals surface area contributed by atoms with E-state index in [0.29, 0.717) is 0 Å². The van der Waals surface area contributed by atoms with E-state index in [4.69, 9.17) is 4.74 Å². The Kier molecular flexibility index (Phi) is 3.69. The van der Waals surface area contributed by atoms with Gasteiger partial charge in [0.2, 0.25) is 0 Å². The first-order valence-electron chi connectivity index (χ1n) is 7.12. The van der Waals surface area contributed by atoms with Gasteiger partial charge >= 0.3 is 0 Å². The summed E-state index contributed by atoms with van der Waals surface area (Å²) in [5.74, 6) is 1.93. The molecule has 0 aromatic heterocycles. The highest BCUT2D eigenvalue weighted by Gasteiger charge is 2.19. The van der Waals surface area contributed by atoms with Gasteiger partial charge in [-0.3, -0.25) is 0 Å². The Balaban J connectivity index is 1.63. The van der Waals surface area contributed by atoms with Crippen molar-refractivity contribution in [1.29, 1.82) is 0 Å². The van der Waals surface area contributed by atoms with Crippen molar-refractivity contribution in [2.45, 2.75) is 25.8 Å². The fraction of sp³-hybridized carbons (Fsp3) is 0.412. The van der Waals surface area contributed by atoms with Crippen LogP contribution < -0.4 is 10.1 Å². The number of benzene rings is 2. The molecule has 1 aliphatic rings. The van der Waals surface area contributed by atoms with E-state index in [2.05, 4.69) is 35.6 Å². The molecule has 0 heterocycles. The Morgan fingerprint density at radius 2 is 1.89 bits per heavy atom. The lowest BCUT2D eigenvalue weighted by molar-refractivity contribution is 0.415. The third kappa shape index (κ3) is 3.27. The predicted molar refractivity (Wildman–Crippen MR) is 79.5 cm³/mol. The van der Waals surface area contributed by atoms with Crippen LogP contribution in [0.25, 0.3) is 10.8 Å². The van der Waals surface area contributed by atoms with Crippen LogP contribution in [0.3, 0.4) is 0 Å². The molecule has 3 rings (SSSR count). The Morgan fingerprint density at radius 1 is 1.11 bits per heavy atom. The molecule has 0 atom stereocenters. The van der Waals surface area contributed by atoms with Crippen molar-refractivity contribution in [1.82, 2.24) is 5.32 Å². The standard InChI is InChI=1S/C17H21NO/c1-19-17-7-6-15-10-14(4-5-16(15)11-17)12-18-9-8-13-2-3-13/h4-7,10-11,13,18H,2-3,8-9,12H2,1H3. The van der Waals surface area contributed by atoms with Crippen LogP contribution >= 0.6 is 0 Å². The van der Waals surface area contributed by atoms with Gasteiger partial charge in [-0.2, -0.15) is 0 Å². The van der Waals surface area contributed by atoms with Crippen LogP contribution in [0.5, 0.6) is 5.75 Å². The molecule has 1 N–H and O–H groups in total. The fourth-order valence-electron chi connectivity index (χ4n) is 2.46. The summed E-state index contributed by atoms with van der Waals surface area (Å²) in [5.41, 5.74) is 1.36. The van der Waals surface area contributed by atoms with Crippen LogP contribution in [0.1, 0.15) is 24.8 Å². The normalized spacial score (nSPS) is 14.8. The fourth-order valence-corrected chi connectivity index (χ4v) is 2.46. The van der Waals surface area contributed by atoms with Crippen LogP contribution in [0.2, 0.25) is 0 Å². The number of rotatable bonds is 6. The van der Waals surface area contributed by atoms with E-state index in [9.17, 15) is 0 Å². The molecule has 2 aromatic rings. The summed E-state index contributed by atoms with van der Waals surface area (Å²) in [5, 5.41) is 6.05. The van der Waals surface area contributed by atoms with Crippen molar-refractivity contribution in [3.8, 4) is 5.75 Å². The van der Waals surface area contributed by atoms with Gasteiger partial charge in [0.15, 0.2) is 0 Å². The smallest absolute Gasteiger partial charge is 0.119 e. The molecule has 2 heteroatoms. The molecule has 0 saturated heterocycles. The molecule has 0 spiro atoms. The number of hydrogen-bond acceptors (Lipinski definition) is 2. The molecule has 1 fully saturated rings. The van der Waals surface area contributed by atoms with Gasteiger partial charge in [0, 0.05) is 6.54 Å². The number of hydrogen-bond donors (Lipinski definition) is 1. The summed E-state index contributed by atoms with van der Waals surface area (Å²) in [7, 11) is 1.71. The predicted octanol–water partition coefficient (Wildman–Crippen LogP) is 3.74. The van der Waals surface area contributed by atoms with Crippen LogP contribution in [0.15, 0.2) is 36.4 Å². The Bertz CT molecular complexity index is 560. The third-order valence-electron chi connectivity index (χ3n) is 3.87. The monoisotopic (exact) mass is 255 g/mol. The van der Waals surface area contributed by atoms with Crippen molar-refractivity contribution >= 4 is 10.8 Å². The molecular weight excluding hydrogens is 234 g/mol. The van der Waals surface area contributed by atoms with Crippen LogP contribution in [0, 0.1) is 5.92 Å². The van der Waals surface area contributed by atoms with E-state index in [0.717, 1.165) is 24.8 Å². The lowest BCUT2D eigenvalue weighted by Crippen LogP contribution is -2.15. The molecule has 0 radical (unpaired) electrons. The zero-order valence-corrected chi connectivity index (χ0v) is 11.5. The zero-order chi connectivity index (χ0) is 13.1. The second-order valence-corrected chi connectivity index (χ2v) is 5.46. The largest absolute Gasteiger partial charge is 0.497 e. The first-order valence-corrected chi connectivity index (χ1v) is 7.12. The van der Waals surface area contributed by atoms with Gasteiger partial charge in [0.05, 0.1) is 7.11 Å². The van der Waals surface area contributed by atoms with Gasteiger partial charge in [0.1, 0.15) is 5.75 Å². The molecule has 2 aromatic carbocycles. The summed E-state index contributed by atoms with van der Waals surface area (Å²) in [6.07, 6.45) is 4.23. The van der Waals surface area contributed by atoms with Gasteiger partial charge in [-0.05, 0) is 53.4 Å². The molecule has 1 aliphatic carbocycles. The van der Waals surface area contributed by atoms with Crippen LogP contribution in [-0.4, -0.2) is 13.7 Å². The van der Waals surface area contributed by atoms with Crippen LogP contribution in [-0.2, 0) is 6.54 Å². The quantitative estimate of drug-likeness (QED) is 0.794. The first kappa shape index (κ1) is 12.5. The summed E-state index contributed by atoms with van der Waals surface area (Å²) < 4.78 is 5.25. The maximum atomic E-state index is 5.25. The number of nitrogens with one attached hydrogen (secondary N) is 1. The van der Waals surface area contributed by atoms with E-state index >= 15 is 0 Å². The van der Waals surface area contributed by atoms with Crippen LogP contribution in [0.4, 0.5) is 0 Å². The molecule has 2 nitrogen and oxygen atoms in total. The summed E-state index contributed by atoms with van der Waals surface area (Å²) in [6.45, 7) is 2.11. The van der Waals surface area contributed by atoms with E-state index in [1.54, 1.807) is 7.11 Å². The second kappa shape index (κ2) is 5.62. The van der Waals surface area contributed by atoms with Gasteiger partial charge in [-0.25, -0.2) is 0 Å². The molecule has 100 valence electrons. The third-order valence-corrected chi connectivity index (χ3v) is 3.87. The average molecular weight is 255 g/mol. The number of fused-ring (bicyclic) bond motifs is 1. The van der Waals surface area contributed by atoms with Gasteiger partial charge < -0.3 is 10.1 Å². The van der Waals surface area contributed by atoms with Gasteiger partial charge in [-0.15, -0.1) is 0 Å². The Labute approximate surface area is 114 Å². The summed E-state index contributed by atoms with van der Waals surface area (Å²) >= 11 is 0. The highest BCUT2D eigenvalue weighted by molar-refractivity contribution is 5.84. The molecule has 1 saturated carbocycles. The molecule has 0 unspecified atom stereocenters. The minimum atomic E-state index is 0.919. The highest BCUT2D eigenvalue weighted by Crippen LogP contribution is 2.31. The summed E-state index contributed by atoms with van der Waals surface area (Å²) in [6, 6.07) is 12.9. The Morgan fingerprint density at radius 3 is 2.68 bits per heavy atom. The SMILES string of the molecule is COc1ccc2cc(CNCCC3CC3)ccc2c1.